The molecule has 0 aliphatic carbocycles. The summed E-state index contributed by atoms with van der Waals surface area (Å²) >= 11 is 0. The van der Waals surface area contributed by atoms with E-state index in [0.717, 1.165) is 18.2 Å². The molecule has 5 nitrogen and oxygen atoms in total. The van der Waals surface area contributed by atoms with Crippen molar-refractivity contribution in [1.29, 1.82) is 0 Å². The van der Waals surface area contributed by atoms with E-state index >= 15 is 0 Å². The van der Waals surface area contributed by atoms with Gasteiger partial charge >= 0.3 is 6.03 Å². The molecule has 1 heterocycles. The molecule has 0 atom stereocenters. The lowest BCUT2D eigenvalue weighted by Gasteiger charge is -2.16. The van der Waals surface area contributed by atoms with Gasteiger partial charge in [-0.1, -0.05) is 5.16 Å². The van der Waals surface area contributed by atoms with Crippen LogP contribution in [-0.4, -0.2) is 23.1 Å². The highest BCUT2D eigenvalue weighted by Crippen LogP contribution is 2.14. The molecule has 1 aromatic carbocycles. The minimum Gasteiger partial charge on any atom is -0.361 e. The quantitative estimate of drug-likeness (QED) is 0.941. The standard InChI is InChI=1S/C13H13F2N3O2/c1-8-3-12(17-20-8)7-18(2)13(19)16-11-5-9(14)4-10(15)6-11/h3-6H,7H2,1-2H3,(H,16,19). The summed E-state index contributed by atoms with van der Waals surface area (Å²) in [4.78, 5) is 13.2. The van der Waals surface area contributed by atoms with Crippen LogP contribution in [0.25, 0.3) is 0 Å². The number of nitrogens with one attached hydrogen (secondary N) is 1. The Morgan fingerprint density at radius 3 is 2.50 bits per heavy atom. The number of anilines is 1. The van der Waals surface area contributed by atoms with E-state index in [1.807, 2.05) is 0 Å². The van der Waals surface area contributed by atoms with Gasteiger partial charge in [0.15, 0.2) is 0 Å². The minimum absolute atomic E-state index is 0.0516. The van der Waals surface area contributed by atoms with Crippen molar-refractivity contribution >= 4 is 11.7 Å². The first-order chi connectivity index (χ1) is 9.44. The number of benzene rings is 1. The fraction of sp³-hybridized carbons (Fsp3) is 0.231. The minimum atomic E-state index is -0.755. The number of hydrogen-bond acceptors (Lipinski definition) is 3. The highest BCUT2D eigenvalue weighted by atomic mass is 19.1. The van der Waals surface area contributed by atoms with Crippen LogP contribution in [0.15, 0.2) is 28.8 Å². The highest BCUT2D eigenvalue weighted by molar-refractivity contribution is 5.89. The normalized spacial score (nSPS) is 10.4. The maximum absolute atomic E-state index is 13.0. The first kappa shape index (κ1) is 14.0. The summed E-state index contributed by atoms with van der Waals surface area (Å²) < 4.78 is 30.9. The molecule has 2 aromatic rings. The van der Waals surface area contributed by atoms with Crippen molar-refractivity contribution in [1.82, 2.24) is 10.1 Å². The summed E-state index contributed by atoms with van der Waals surface area (Å²) in [5, 5.41) is 6.16. The van der Waals surface area contributed by atoms with Gasteiger partial charge < -0.3 is 14.7 Å². The molecule has 106 valence electrons. The largest absolute Gasteiger partial charge is 0.361 e. The van der Waals surface area contributed by atoms with E-state index in [1.165, 1.54) is 11.9 Å². The lowest BCUT2D eigenvalue weighted by atomic mass is 10.3. The molecule has 0 aliphatic heterocycles. The summed E-state index contributed by atoms with van der Waals surface area (Å²) in [6.45, 7) is 1.97. The zero-order valence-electron chi connectivity index (χ0n) is 11.0. The zero-order valence-corrected chi connectivity index (χ0v) is 11.0. The third kappa shape index (κ3) is 3.53. The number of aryl methyl sites for hydroxylation is 1. The molecule has 0 spiro atoms. The van der Waals surface area contributed by atoms with Gasteiger partial charge in [-0.3, -0.25) is 0 Å². The average molecular weight is 281 g/mol. The third-order valence-corrected chi connectivity index (χ3v) is 2.54. The van der Waals surface area contributed by atoms with Gasteiger partial charge in [-0.05, 0) is 19.1 Å². The Labute approximate surface area is 114 Å². The van der Waals surface area contributed by atoms with E-state index in [2.05, 4.69) is 10.5 Å². The van der Waals surface area contributed by atoms with Crippen LogP contribution < -0.4 is 5.32 Å². The molecule has 0 saturated carbocycles. The molecule has 0 unspecified atom stereocenters. The second-order valence-corrected chi connectivity index (χ2v) is 4.37. The van der Waals surface area contributed by atoms with E-state index in [9.17, 15) is 13.6 Å². The molecule has 0 fully saturated rings. The van der Waals surface area contributed by atoms with E-state index in [1.54, 1.807) is 13.0 Å². The number of aromatic nitrogens is 1. The number of halogens is 2. The lowest BCUT2D eigenvalue weighted by molar-refractivity contribution is 0.219. The Kier molecular flexibility index (Phi) is 3.97. The molecule has 0 bridgehead atoms. The van der Waals surface area contributed by atoms with Gasteiger partial charge in [0.1, 0.15) is 23.1 Å². The number of urea groups is 1. The topological polar surface area (TPSA) is 58.4 Å². The molecule has 1 aromatic heterocycles. The summed E-state index contributed by atoms with van der Waals surface area (Å²) in [7, 11) is 1.54. The van der Waals surface area contributed by atoms with Gasteiger partial charge in [0.25, 0.3) is 0 Å². The second kappa shape index (κ2) is 5.68. The predicted molar refractivity (Wildman–Crippen MR) is 68.1 cm³/mol. The number of rotatable bonds is 3. The molecule has 0 aliphatic rings. The summed E-state index contributed by atoms with van der Waals surface area (Å²) in [5.41, 5.74) is 0.640. The molecular formula is C13H13F2N3O2. The van der Waals surface area contributed by atoms with Crippen LogP contribution in [0.2, 0.25) is 0 Å². The number of amides is 2. The van der Waals surface area contributed by atoms with Gasteiger partial charge in [-0.2, -0.15) is 0 Å². The smallest absolute Gasteiger partial charge is 0.321 e. The van der Waals surface area contributed by atoms with Gasteiger partial charge in [-0.25, -0.2) is 13.6 Å². The van der Waals surface area contributed by atoms with Crippen LogP contribution in [0.1, 0.15) is 11.5 Å². The van der Waals surface area contributed by atoms with E-state index in [-0.39, 0.29) is 12.2 Å². The van der Waals surface area contributed by atoms with Crippen molar-refractivity contribution in [2.75, 3.05) is 12.4 Å². The molecule has 2 rings (SSSR count). The van der Waals surface area contributed by atoms with E-state index < -0.39 is 17.7 Å². The van der Waals surface area contributed by atoms with E-state index in [0.29, 0.717) is 11.5 Å². The summed E-state index contributed by atoms with van der Waals surface area (Å²) in [6, 6.07) is 4.00. The summed E-state index contributed by atoms with van der Waals surface area (Å²) in [6.07, 6.45) is 0. The van der Waals surface area contributed by atoms with Crippen LogP contribution in [0.5, 0.6) is 0 Å². The van der Waals surface area contributed by atoms with Crippen LogP contribution in [-0.2, 0) is 6.54 Å². The Balaban J connectivity index is 2.00. The zero-order chi connectivity index (χ0) is 14.7. The van der Waals surface area contributed by atoms with Crippen molar-refractivity contribution in [2.45, 2.75) is 13.5 Å². The SMILES string of the molecule is Cc1cc(CN(C)C(=O)Nc2cc(F)cc(F)c2)no1. The molecular weight excluding hydrogens is 268 g/mol. The molecule has 7 heteroatoms. The fourth-order valence-electron chi connectivity index (χ4n) is 1.65. The number of carbonyl (C=O) groups is 1. The highest BCUT2D eigenvalue weighted by Gasteiger charge is 2.12. The predicted octanol–water partition coefficient (Wildman–Crippen LogP) is 2.93. The van der Waals surface area contributed by atoms with Crippen molar-refractivity contribution in [3.8, 4) is 0 Å². The first-order valence-corrected chi connectivity index (χ1v) is 5.84. The Morgan fingerprint density at radius 1 is 1.30 bits per heavy atom. The van der Waals surface area contributed by atoms with Crippen LogP contribution in [0, 0.1) is 18.6 Å². The van der Waals surface area contributed by atoms with Gasteiger partial charge in [0, 0.05) is 24.9 Å². The van der Waals surface area contributed by atoms with Gasteiger partial charge in [0.2, 0.25) is 0 Å². The number of nitrogens with zero attached hydrogens (tertiary/aromatic N) is 2. The lowest BCUT2D eigenvalue weighted by Crippen LogP contribution is -2.31. The number of carbonyl (C=O) groups excluding carboxylic acids is 1. The van der Waals surface area contributed by atoms with E-state index in [4.69, 9.17) is 4.52 Å². The average Bonchev–Trinajstić information content (AvgIpc) is 2.73. The van der Waals surface area contributed by atoms with Crippen molar-refractivity contribution < 1.29 is 18.1 Å². The molecule has 2 amide bonds. The van der Waals surface area contributed by atoms with Crippen LogP contribution in [0.4, 0.5) is 19.3 Å². The molecule has 1 N–H and O–H groups in total. The maximum Gasteiger partial charge on any atom is 0.321 e. The van der Waals surface area contributed by atoms with Gasteiger partial charge in [0.05, 0.1) is 6.54 Å². The molecule has 20 heavy (non-hydrogen) atoms. The fourth-order valence-corrected chi connectivity index (χ4v) is 1.65. The van der Waals surface area contributed by atoms with Crippen LogP contribution >= 0.6 is 0 Å². The van der Waals surface area contributed by atoms with Gasteiger partial charge in [-0.15, -0.1) is 0 Å². The van der Waals surface area contributed by atoms with Crippen molar-refractivity contribution in [2.24, 2.45) is 0 Å². The van der Waals surface area contributed by atoms with Crippen molar-refractivity contribution in [3.63, 3.8) is 0 Å². The second-order valence-electron chi connectivity index (χ2n) is 4.37. The Morgan fingerprint density at radius 2 is 1.95 bits per heavy atom. The molecule has 0 saturated heterocycles. The first-order valence-electron chi connectivity index (χ1n) is 5.84. The number of hydrogen-bond donors (Lipinski definition) is 1. The Hall–Kier alpha value is -2.44. The Bertz CT molecular complexity index is 608. The molecule has 0 radical (unpaired) electrons. The monoisotopic (exact) mass is 281 g/mol. The van der Waals surface area contributed by atoms with Crippen LogP contribution in [0.3, 0.4) is 0 Å². The summed E-state index contributed by atoms with van der Waals surface area (Å²) in [5.74, 6) is -0.869. The third-order valence-electron chi connectivity index (χ3n) is 2.54. The van der Waals surface area contributed by atoms with Crippen molar-refractivity contribution in [3.05, 3.63) is 47.4 Å². The maximum atomic E-state index is 13.0.